The van der Waals surface area contributed by atoms with Crippen molar-refractivity contribution in [1.29, 1.82) is 0 Å². The fourth-order valence-electron chi connectivity index (χ4n) is 3.03. The number of nitrogens with one attached hydrogen (secondary N) is 2. The Morgan fingerprint density at radius 2 is 2.03 bits per heavy atom. The number of nitrogens with zero attached hydrogens (tertiary/aromatic N) is 2. The maximum absolute atomic E-state index is 12.4. The van der Waals surface area contributed by atoms with Gasteiger partial charge in [-0.05, 0) is 37.3 Å². The summed E-state index contributed by atoms with van der Waals surface area (Å²) in [6.07, 6.45) is 1.49. The molecular weight excluding hydrogens is 388 g/mol. The molecule has 0 saturated heterocycles. The van der Waals surface area contributed by atoms with Crippen LogP contribution in [0.5, 0.6) is 5.75 Å². The molecule has 0 aliphatic carbocycles. The van der Waals surface area contributed by atoms with Gasteiger partial charge in [0.05, 0.1) is 18.4 Å². The smallest absolute Gasteiger partial charge is 0.234 e. The van der Waals surface area contributed by atoms with Crippen molar-refractivity contribution in [2.75, 3.05) is 18.2 Å². The van der Waals surface area contributed by atoms with Crippen molar-refractivity contribution in [3.63, 3.8) is 0 Å². The fourth-order valence-corrected chi connectivity index (χ4v) is 3.79. The number of carbonyl (C=O) groups excluding carboxylic acids is 2. The highest BCUT2D eigenvalue weighted by Gasteiger charge is 2.13. The molecule has 4 rings (SSSR count). The molecule has 7 nitrogen and oxygen atoms in total. The minimum absolute atomic E-state index is 0.0470. The Labute approximate surface area is 170 Å². The number of methoxy groups -OCH3 is 1. The lowest BCUT2D eigenvalue weighted by atomic mass is 10.1. The van der Waals surface area contributed by atoms with Crippen LogP contribution >= 0.6 is 11.8 Å². The Hall–Kier alpha value is -3.39. The summed E-state index contributed by atoms with van der Waals surface area (Å²) in [6, 6.07) is 12.6. The third-order valence-corrected chi connectivity index (χ3v) is 5.44. The number of H-pyrrole nitrogens is 1. The minimum Gasteiger partial charge on any atom is -0.497 e. The molecular formula is C21H18N4O3S. The van der Waals surface area contributed by atoms with Crippen molar-refractivity contribution in [2.24, 2.45) is 0 Å². The molecule has 0 saturated carbocycles. The van der Waals surface area contributed by atoms with E-state index in [0.29, 0.717) is 16.3 Å². The first-order valence-corrected chi connectivity index (χ1v) is 9.88. The summed E-state index contributed by atoms with van der Waals surface area (Å²) in [5, 5.41) is 4.45. The van der Waals surface area contributed by atoms with Crippen LogP contribution in [-0.2, 0) is 4.79 Å². The molecule has 0 aliphatic rings. The van der Waals surface area contributed by atoms with E-state index in [-0.39, 0.29) is 17.4 Å². The monoisotopic (exact) mass is 406 g/mol. The first-order valence-electron chi connectivity index (χ1n) is 8.89. The topological polar surface area (TPSA) is 97.0 Å². The molecule has 2 aromatic heterocycles. The first kappa shape index (κ1) is 18.9. The van der Waals surface area contributed by atoms with Crippen molar-refractivity contribution < 1.29 is 14.3 Å². The second-order valence-corrected chi connectivity index (χ2v) is 7.38. The third-order valence-electron chi connectivity index (χ3n) is 4.45. The lowest BCUT2D eigenvalue weighted by molar-refractivity contribution is -0.113. The van der Waals surface area contributed by atoms with E-state index in [1.807, 2.05) is 18.2 Å². The van der Waals surface area contributed by atoms with E-state index in [2.05, 4.69) is 20.3 Å². The van der Waals surface area contributed by atoms with Gasteiger partial charge in [0.1, 0.15) is 22.6 Å². The molecule has 2 heterocycles. The number of ether oxygens (including phenoxy) is 1. The van der Waals surface area contributed by atoms with E-state index in [1.165, 1.54) is 25.0 Å². The predicted molar refractivity (Wildman–Crippen MR) is 114 cm³/mol. The largest absolute Gasteiger partial charge is 0.497 e. The number of aromatic nitrogens is 3. The van der Waals surface area contributed by atoms with Gasteiger partial charge in [0.15, 0.2) is 5.78 Å². The number of hydrogen-bond donors (Lipinski definition) is 2. The fraction of sp³-hybridized carbons (Fsp3) is 0.143. The van der Waals surface area contributed by atoms with Crippen LogP contribution in [0, 0.1) is 0 Å². The molecule has 0 fully saturated rings. The van der Waals surface area contributed by atoms with Gasteiger partial charge in [0.25, 0.3) is 0 Å². The number of benzene rings is 2. The molecule has 0 unspecified atom stereocenters. The second-order valence-electron chi connectivity index (χ2n) is 6.41. The molecule has 4 aromatic rings. The van der Waals surface area contributed by atoms with Gasteiger partial charge >= 0.3 is 0 Å². The van der Waals surface area contributed by atoms with Crippen LogP contribution in [0.25, 0.3) is 21.9 Å². The van der Waals surface area contributed by atoms with Crippen LogP contribution in [0.4, 0.5) is 5.69 Å². The van der Waals surface area contributed by atoms with E-state index in [0.717, 1.165) is 27.7 Å². The van der Waals surface area contributed by atoms with Gasteiger partial charge in [0.2, 0.25) is 5.91 Å². The highest BCUT2D eigenvalue weighted by atomic mass is 32.2. The number of aromatic amines is 1. The quantitative estimate of drug-likeness (QED) is 0.285. The number of ketones is 1. The number of hydrogen-bond acceptors (Lipinski definition) is 6. The Morgan fingerprint density at radius 1 is 1.17 bits per heavy atom. The molecule has 0 aliphatic heterocycles. The van der Waals surface area contributed by atoms with Crippen molar-refractivity contribution in [3.8, 4) is 5.75 Å². The Kier molecular flexibility index (Phi) is 5.18. The summed E-state index contributed by atoms with van der Waals surface area (Å²) in [5.41, 5.74) is 3.64. The van der Waals surface area contributed by atoms with Crippen LogP contribution in [0.15, 0.2) is 53.8 Å². The number of fused-ring (bicyclic) bond motifs is 3. The van der Waals surface area contributed by atoms with Crippen LogP contribution < -0.4 is 10.1 Å². The van der Waals surface area contributed by atoms with E-state index in [1.54, 1.807) is 31.4 Å². The lowest BCUT2D eigenvalue weighted by Gasteiger charge is -2.06. The average Bonchev–Trinajstić information content (AvgIpc) is 3.10. The second kappa shape index (κ2) is 7.92. The summed E-state index contributed by atoms with van der Waals surface area (Å²) in [5.74, 6) is 0.697. The third kappa shape index (κ3) is 3.93. The standard InChI is InChI=1S/C21H18N4O3S/c1-12(26)13-4-3-5-14(8-13)24-18(27)10-29-21-20-19(22-11-23-21)16-9-15(28-2)6-7-17(16)25-20/h3-9,11,25H,10H2,1-2H3,(H,24,27). The lowest BCUT2D eigenvalue weighted by Crippen LogP contribution is -2.14. The van der Waals surface area contributed by atoms with Crippen LogP contribution in [-0.4, -0.2) is 39.5 Å². The number of anilines is 1. The van der Waals surface area contributed by atoms with Gasteiger partial charge in [-0.3, -0.25) is 9.59 Å². The van der Waals surface area contributed by atoms with Gasteiger partial charge in [-0.1, -0.05) is 23.9 Å². The zero-order valence-electron chi connectivity index (χ0n) is 15.9. The van der Waals surface area contributed by atoms with E-state index in [9.17, 15) is 9.59 Å². The zero-order chi connectivity index (χ0) is 20.4. The SMILES string of the molecule is COc1ccc2[nH]c3c(SCC(=O)Nc4cccc(C(C)=O)c4)ncnc3c2c1. The molecule has 0 bridgehead atoms. The average molecular weight is 406 g/mol. The molecule has 146 valence electrons. The summed E-state index contributed by atoms with van der Waals surface area (Å²) in [6.45, 7) is 1.49. The molecule has 0 radical (unpaired) electrons. The minimum atomic E-state index is -0.180. The van der Waals surface area contributed by atoms with Gasteiger partial charge in [-0.25, -0.2) is 9.97 Å². The Bertz CT molecular complexity index is 1240. The molecule has 0 atom stereocenters. The molecule has 2 N–H and O–H groups in total. The molecule has 2 aromatic carbocycles. The van der Waals surface area contributed by atoms with Crippen LogP contribution in [0.2, 0.25) is 0 Å². The van der Waals surface area contributed by atoms with Crippen molar-refractivity contribution >= 4 is 51.1 Å². The number of carbonyl (C=O) groups is 2. The highest BCUT2D eigenvalue weighted by Crippen LogP contribution is 2.31. The maximum atomic E-state index is 12.4. The summed E-state index contributed by atoms with van der Waals surface area (Å²) in [7, 11) is 1.62. The van der Waals surface area contributed by atoms with E-state index >= 15 is 0 Å². The number of amides is 1. The summed E-state index contributed by atoms with van der Waals surface area (Å²) in [4.78, 5) is 35.9. The maximum Gasteiger partial charge on any atom is 0.234 e. The van der Waals surface area contributed by atoms with Crippen molar-refractivity contribution in [1.82, 2.24) is 15.0 Å². The van der Waals surface area contributed by atoms with E-state index in [4.69, 9.17) is 4.74 Å². The molecule has 1 amide bonds. The summed E-state index contributed by atoms with van der Waals surface area (Å²) >= 11 is 1.32. The van der Waals surface area contributed by atoms with Crippen molar-refractivity contribution in [2.45, 2.75) is 11.9 Å². The first-order chi connectivity index (χ1) is 14.0. The Balaban J connectivity index is 1.53. The normalized spacial score (nSPS) is 11.0. The number of rotatable bonds is 6. The molecule has 29 heavy (non-hydrogen) atoms. The van der Waals surface area contributed by atoms with Gasteiger partial charge in [-0.2, -0.15) is 0 Å². The molecule has 0 spiro atoms. The van der Waals surface area contributed by atoms with Gasteiger partial charge < -0.3 is 15.0 Å². The number of thioether (sulfide) groups is 1. The van der Waals surface area contributed by atoms with E-state index < -0.39 is 0 Å². The number of Topliss-reactive ketones (excluding diaryl/α,β-unsaturated/α-hetero) is 1. The molecule has 8 heteroatoms. The van der Waals surface area contributed by atoms with Crippen molar-refractivity contribution in [3.05, 3.63) is 54.4 Å². The zero-order valence-corrected chi connectivity index (χ0v) is 16.7. The predicted octanol–water partition coefficient (Wildman–Crippen LogP) is 4.05. The highest BCUT2D eigenvalue weighted by molar-refractivity contribution is 8.00. The van der Waals surface area contributed by atoms with Gasteiger partial charge in [-0.15, -0.1) is 0 Å². The Morgan fingerprint density at radius 3 is 2.83 bits per heavy atom. The summed E-state index contributed by atoms with van der Waals surface area (Å²) < 4.78 is 5.29. The van der Waals surface area contributed by atoms with Gasteiger partial charge in [0, 0.05) is 22.2 Å². The van der Waals surface area contributed by atoms with Crippen LogP contribution in [0.1, 0.15) is 17.3 Å². The van der Waals surface area contributed by atoms with Crippen LogP contribution in [0.3, 0.4) is 0 Å².